The van der Waals surface area contributed by atoms with Crippen LogP contribution >= 0.6 is 11.3 Å². The Morgan fingerprint density at radius 3 is 2.45 bits per heavy atom. The molecule has 2 aromatic heterocycles. The number of nitrogens with zero attached hydrogens (tertiary/aromatic N) is 3. The molecule has 0 N–H and O–H groups in total. The average molecular weight is 586 g/mol. The fourth-order valence-electron chi connectivity index (χ4n) is 4.96. The third kappa shape index (κ3) is 5.62. The zero-order valence-electron chi connectivity index (χ0n) is 23.8. The molecule has 5 rings (SSSR count). The van der Waals surface area contributed by atoms with E-state index in [1.165, 1.54) is 23.5 Å². The first-order valence-electron chi connectivity index (χ1n) is 13.9. The van der Waals surface area contributed by atoms with E-state index in [1.54, 1.807) is 41.8 Å². The van der Waals surface area contributed by atoms with E-state index in [9.17, 15) is 19.7 Å². The first kappa shape index (κ1) is 28.9. The summed E-state index contributed by atoms with van der Waals surface area (Å²) in [6.45, 7) is 8.22. The summed E-state index contributed by atoms with van der Waals surface area (Å²) >= 11 is 1.24. The van der Waals surface area contributed by atoms with Crippen LogP contribution in [0.2, 0.25) is 0 Å². The number of furan rings is 1. The maximum absolute atomic E-state index is 13.9. The molecular formula is C32H31N3O6S. The minimum atomic E-state index is -0.683. The van der Waals surface area contributed by atoms with Crippen molar-refractivity contribution in [2.45, 2.75) is 52.5 Å². The van der Waals surface area contributed by atoms with E-state index in [4.69, 9.17) is 14.1 Å². The molecule has 0 saturated heterocycles. The number of hydrogen-bond donors (Lipinski definition) is 0. The molecule has 1 atom stereocenters. The predicted molar refractivity (Wildman–Crippen MR) is 161 cm³/mol. The molecule has 3 heterocycles. The van der Waals surface area contributed by atoms with E-state index in [2.05, 4.69) is 13.8 Å². The Morgan fingerprint density at radius 2 is 1.83 bits per heavy atom. The highest BCUT2D eigenvalue weighted by atomic mass is 32.1. The SMILES string of the molecule is CCCC1=C(C(=O)OCC)[C@@H](c2ccc(C(C)C)cc2)n2c(s/c(=C\c3ccc(-c4ccc([N+](=O)[O-])cc4)o3)c2=O)=N1. The van der Waals surface area contributed by atoms with Crippen molar-refractivity contribution in [2.75, 3.05) is 6.61 Å². The highest BCUT2D eigenvalue weighted by molar-refractivity contribution is 7.07. The molecule has 0 bridgehead atoms. The average Bonchev–Trinajstić information content (AvgIpc) is 3.57. The molecule has 0 radical (unpaired) electrons. The molecule has 0 amide bonds. The van der Waals surface area contributed by atoms with Crippen molar-refractivity contribution in [1.82, 2.24) is 4.57 Å². The van der Waals surface area contributed by atoms with Crippen molar-refractivity contribution in [2.24, 2.45) is 4.99 Å². The number of aromatic nitrogens is 1. The monoisotopic (exact) mass is 585 g/mol. The minimum Gasteiger partial charge on any atom is -0.463 e. The van der Waals surface area contributed by atoms with Crippen LogP contribution in [0.4, 0.5) is 5.69 Å². The second-order valence-electron chi connectivity index (χ2n) is 10.2. The first-order valence-corrected chi connectivity index (χ1v) is 14.7. The van der Waals surface area contributed by atoms with E-state index in [1.807, 2.05) is 31.2 Å². The number of nitro groups is 1. The Bertz CT molecular complexity index is 1840. The molecule has 1 aliphatic heterocycles. The van der Waals surface area contributed by atoms with Crippen LogP contribution in [0.25, 0.3) is 17.4 Å². The Kier molecular flexibility index (Phi) is 8.35. The summed E-state index contributed by atoms with van der Waals surface area (Å²) in [6, 6.07) is 16.9. The molecule has 9 nitrogen and oxygen atoms in total. The number of nitro benzene ring substituents is 1. The van der Waals surface area contributed by atoms with Crippen molar-refractivity contribution in [1.29, 1.82) is 0 Å². The standard InChI is InChI=1S/C32H31N3O6S/c1-5-7-25-28(31(37)40-6-2)29(22-10-8-20(9-11-22)19(3)4)34-30(36)27(42-32(34)33-25)18-24-16-17-26(41-24)21-12-14-23(15-13-21)35(38)39/h8-19,29H,5-7H2,1-4H3/b27-18-/t29-/m1/s1. The zero-order valence-corrected chi connectivity index (χ0v) is 24.6. The van der Waals surface area contributed by atoms with Gasteiger partial charge in [-0.2, -0.15) is 0 Å². The lowest BCUT2D eigenvalue weighted by Gasteiger charge is -2.26. The molecule has 0 saturated carbocycles. The van der Waals surface area contributed by atoms with Gasteiger partial charge in [0.25, 0.3) is 11.2 Å². The van der Waals surface area contributed by atoms with Gasteiger partial charge in [0.15, 0.2) is 4.80 Å². The molecule has 0 spiro atoms. The van der Waals surface area contributed by atoms with Gasteiger partial charge in [-0.15, -0.1) is 0 Å². The fraction of sp³-hybridized carbons (Fsp3) is 0.281. The number of non-ortho nitro benzene ring substituents is 1. The van der Waals surface area contributed by atoms with Crippen molar-refractivity contribution < 1.29 is 18.9 Å². The van der Waals surface area contributed by atoms with Crippen molar-refractivity contribution in [3.63, 3.8) is 0 Å². The van der Waals surface area contributed by atoms with Gasteiger partial charge >= 0.3 is 5.97 Å². The maximum Gasteiger partial charge on any atom is 0.338 e. The lowest BCUT2D eigenvalue weighted by Crippen LogP contribution is -2.40. The van der Waals surface area contributed by atoms with Gasteiger partial charge in [-0.25, -0.2) is 9.79 Å². The number of esters is 1. The molecular weight excluding hydrogens is 554 g/mol. The summed E-state index contributed by atoms with van der Waals surface area (Å²) in [6.07, 6.45) is 3.00. The molecule has 4 aromatic rings. The van der Waals surface area contributed by atoms with Gasteiger partial charge in [-0.1, -0.05) is 62.8 Å². The van der Waals surface area contributed by atoms with Crippen LogP contribution in [-0.4, -0.2) is 22.1 Å². The lowest BCUT2D eigenvalue weighted by atomic mass is 9.92. The molecule has 10 heteroatoms. The number of carbonyl (C=O) groups is 1. The number of carbonyl (C=O) groups excluding carboxylic acids is 1. The molecule has 0 aliphatic carbocycles. The first-order chi connectivity index (χ1) is 20.2. The fourth-order valence-corrected chi connectivity index (χ4v) is 5.96. The number of benzene rings is 2. The van der Waals surface area contributed by atoms with Crippen molar-refractivity contribution >= 4 is 29.1 Å². The van der Waals surface area contributed by atoms with Gasteiger partial charge in [-0.05, 0) is 54.7 Å². The summed E-state index contributed by atoms with van der Waals surface area (Å²) in [5.74, 6) is 0.823. The normalized spacial score (nSPS) is 15.1. The summed E-state index contributed by atoms with van der Waals surface area (Å²) < 4.78 is 13.4. The van der Waals surface area contributed by atoms with Gasteiger partial charge in [-0.3, -0.25) is 19.5 Å². The number of hydrogen-bond acceptors (Lipinski definition) is 8. The van der Waals surface area contributed by atoms with Gasteiger partial charge in [0.05, 0.1) is 33.4 Å². The van der Waals surface area contributed by atoms with E-state index in [-0.39, 0.29) is 17.9 Å². The van der Waals surface area contributed by atoms with Crippen LogP contribution in [0.5, 0.6) is 0 Å². The summed E-state index contributed by atoms with van der Waals surface area (Å²) in [5, 5.41) is 11.0. The second kappa shape index (κ2) is 12.1. The van der Waals surface area contributed by atoms with Crippen molar-refractivity contribution in [3.05, 3.63) is 119 Å². The number of allylic oxidation sites excluding steroid dienone is 1. The van der Waals surface area contributed by atoms with E-state index < -0.39 is 16.9 Å². The Labute approximate surface area is 246 Å². The van der Waals surface area contributed by atoms with Crippen LogP contribution in [0.1, 0.15) is 69.4 Å². The molecule has 0 fully saturated rings. The lowest BCUT2D eigenvalue weighted by molar-refractivity contribution is -0.384. The van der Waals surface area contributed by atoms with Crippen LogP contribution in [0, 0.1) is 10.1 Å². The predicted octanol–water partition coefficient (Wildman–Crippen LogP) is 5.87. The number of rotatable bonds is 9. The molecule has 1 aliphatic rings. The number of thiazole rings is 1. The smallest absolute Gasteiger partial charge is 0.338 e. The van der Waals surface area contributed by atoms with Crippen molar-refractivity contribution in [3.8, 4) is 11.3 Å². The third-order valence-electron chi connectivity index (χ3n) is 7.07. The summed E-state index contributed by atoms with van der Waals surface area (Å²) in [4.78, 5) is 43.1. The quantitative estimate of drug-likeness (QED) is 0.138. The second-order valence-corrected chi connectivity index (χ2v) is 11.3. The highest BCUT2D eigenvalue weighted by Gasteiger charge is 2.34. The Hall–Kier alpha value is -4.57. The summed E-state index contributed by atoms with van der Waals surface area (Å²) in [7, 11) is 0. The van der Waals surface area contributed by atoms with Gasteiger partial charge in [0.2, 0.25) is 0 Å². The third-order valence-corrected chi connectivity index (χ3v) is 8.06. The van der Waals surface area contributed by atoms with Crippen LogP contribution in [0.15, 0.2) is 86.1 Å². The molecule has 2 aromatic carbocycles. The molecule has 42 heavy (non-hydrogen) atoms. The number of fused-ring (bicyclic) bond motifs is 1. The molecule has 216 valence electrons. The minimum absolute atomic E-state index is 0.00957. The van der Waals surface area contributed by atoms with Gasteiger partial charge in [0, 0.05) is 23.8 Å². The van der Waals surface area contributed by atoms with Gasteiger partial charge in [0.1, 0.15) is 11.5 Å². The van der Waals surface area contributed by atoms with Crippen LogP contribution < -0.4 is 14.9 Å². The highest BCUT2D eigenvalue weighted by Crippen LogP contribution is 2.33. The number of ether oxygens (including phenoxy) is 1. The van der Waals surface area contributed by atoms with Crippen LogP contribution in [-0.2, 0) is 9.53 Å². The topological polar surface area (TPSA) is 117 Å². The zero-order chi connectivity index (χ0) is 30.0. The Morgan fingerprint density at radius 1 is 1.12 bits per heavy atom. The van der Waals surface area contributed by atoms with Crippen LogP contribution in [0.3, 0.4) is 0 Å². The van der Waals surface area contributed by atoms with E-state index >= 15 is 0 Å². The molecule has 0 unspecified atom stereocenters. The largest absolute Gasteiger partial charge is 0.463 e. The van der Waals surface area contributed by atoms with E-state index in [0.717, 1.165) is 17.5 Å². The summed E-state index contributed by atoms with van der Waals surface area (Å²) in [5.41, 5.74) is 3.34. The Balaban J connectivity index is 1.63. The maximum atomic E-state index is 13.9. The van der Waals surface area contributed by atoms with Gasteiger partial charge < -0.3 is 9.15 Å². The van der Waals surface area contributed by atoms with E-state index in [0.29, 0.717) is 50.0 Å².